The second-order valence-electron chi connectivity index (χ2n) is 8.11. The summed E-state index contributed by atoms with van der Waals surface area (Å²) in [5, 5.41) is 7.89. The van der Waals surface area contributed by atoms with E-state index in [1.807, 2.05) is 43.0 Å². The SMILES string of the molecule is COC(=O)c1cc(C)nc(-c2cnn(C)c2CCC[C@@H](C)CNc2cc(Br)ccc2N)c1. The van der Waals surface area contributed by atoms with E-state index >= 15 is 0 Å². The summed E-state index contributed by atoms with van der Waals surface area (Å²) in [5.74, 6) is 0.114. The lowest BCUT2D eigenvalue weighted by molar-refractivity contribution is 0.0600. The van der Waals surface area contributed by atoms with E-state index in [2.05, 4.69) is 38.3 Å². The van der Waals surface area contributed by atoms with Gasteiger partial charge in [-0.3, -0.25) is 9.67 Å². The number of aryl methyl sites for hydroxylation is 2. The van der Waals surface area contributed by atoms with Gasteiger partial charge in [-0.05, 0) is 62.4 Å². The van der Waals surface area contributed by atoms with Crippen LogP contribution in [0.15, 0.2) is 41.0 Å². The molecule has 3 N–H and O–H groups in total. The Bertz CT molecular complexity index is 1100. The van der Waals surface area contributed by atoms with Crippen molar-refractivity contribution in [1.29, 1.82) is 0 Å². The van der Waals surface area contributed by atoms with Crippen LogP contribution < -0.4 is 11.1 Å². The standard InChI is InChI=1S/C24H30BrN5O2/c1-15(13-27-22-12-18(25)8-9-20(22)26)6-5-7-23-19(14-28-30(23)3)21-11-17(24(31)32-4)10-16(2)29-21/h8-12,14-15,27H,5-7,13,26H2,1-4H3/t15-/m1/s1. The zero-order chi connectivity index (χ0) is 23.3. The van der Waals surface area contributed by atoms with Crippen molar-refractivity contribution in [1.82, 2.24) is 14.8 Å². The number of pyridine rings is 1. The first-order valence-corrected chi connectivity index (χ1v) is 11.4. The topological polar surface area (TPSA) is 95.1 Å². The molecule has 1 aromatic carbocycles. The highest BCUT2D eigenvalue weighted by Crippen LogP contribution is 2.26. The number of halogens is 1. The number of ether oxygens (including phenoxy) is 1. The number of esters is 1. The molecular weight excluding hydrogens is 470 g/mol. The molecule has 0 aliphatic heterocycles. The molecule has 1 atom stereocenters. The molecule has 2 heterocycles. The maximum Gasteiger partial charge on any atom is 0.337 e. The van der Waals surface area contributed by atoms with Crippen molar-refractivity contribution >= 4 is 33.3 Å². The molecule has 8 heteroatoms. The Hall–Kier alpha value is -2.87. The van der Waals surface area contributed by atoms with Gasteiger partial charge in [-0.1, -0.05) is 22.9 Å². The maximum atomic E-state index is 12.0. The van der Waals surface area contributed by atoms with Crippen LogP contribution in [0.25, 0.3) is 11.3 Å². The third-order valence-corrected chi connectivity index (χ3v) is 5.97. The first-order chi connectivity index (χ1) is 15.3. The summed E-state index contributed by atoms with van der Waals surface area (Å²) in [5.41, 5.74) is 11.8. The number of rotatable bonds is 9. The van der Waals surface area contributed by atoms with Gasteiger partial charge in [-0.2, -0.15) is 5.10 Å². The van der Waals surface area contributed by atoms with Crippen LogP contribution in [0, 0.1) is 12.8 Å². The number of carbonyl (C=O) groups excluding carboxylic acids is 1. The Balaban J connectivity index is 1.63. The fourth-order valence-electron chi connectivity index (χ4n) is 3.70. The lowest BCUT2D eigenvalue weighted by Crippen LogP contribution is -2.13. The predicted molar refractivity (Wildman–Crippen MR) is 132 cm³/mol. The van der Waals surface area contributed by atoms with E-state index in [0.717, 1.165) is 64.3 Å². The number of hydrogen-bond acceptors (Lipinski definition) is 6. The minimum absolute atomic E-state index is 0.366. The molecule has 32 heavy (non-hydrogen) atoms. The van der Waals surface area contributed by atoms with Crippen molar-refractivity contribution in [2.75, 3.05) is 24.7 Å². The van der Waals surface area contributed by atoms with E-state index in [4.69, 9.17) is 10.5 Å². The summed E-state index contributed by atoms with van der Waals surface area (Å²) in [6.45, 7) is 4.95. The van der Waals surface area contributed by atoms with Crippen LogP contribution in [-0.4, -0.2) is 34.4 Å². The van der Waals surface area contributed by atoms with Gasteiger partial charge in [-0.15, -0.1) is 0 Å². The molecule has 0 aliphatic rings. The van der Waals surface area contributed by atoms with Gasteiger partial charge in [0.15, 0.2) is 0 Å². The lowest BCUT2D eigenvalue weighted by Gasteiger charge is -2.15. The monoisotopic (exact) mass is 499 g/mol. The third kappa shape index (κ3) is 5.88. The van der Waals surface area contributed by atoms with Crippen molar-refractivity contribution in [2.45, 2.75) is 33.1 Å². The molecule has 0 unspecified atom stereocenters. The van der Waals surface area contributed by atoms with Crippen molar-refractivity contribution in [3.63, 3.8) is 0 Å². The van der Waals surface area contributed by atoms with Crippen molar-refractivity contribution in [2.24, 2.45) is 13.0 Å². The molecule has 2 aromatic heterocycles. The maximum absolute atomic E-state index is 12.0. The van der Waals surface area contributed by atoms with Crippen LogP contribution in [0.5, 0.6) is 0 Å². The van der Waals surface area contributed by atoms with Crippen LogP contribution >= 0.6 is 15.9 Å². The molecular formula is C24H30BrN5O2. The molecule has 0 spiro atoms. The van der Waals surface area contributed by atoms with E-state index in [-0.39, 0.29) is 5.97 Å². The Morgan fingerprint density at radius 2 is 2.09 bits per heavy atom. The number of nitrogens with zero attached hydrogens (tertiary/aromatic N) is 3. The fourth-order valence-corrected chi connectivity index (χ4v) is 4.06. The summed E-state index contributed by atoms with van der Waals surface area (Å²) in [6, 6.07) is 9.34. The highest BCUT2D eigenvalue weighted by atomic mass is 79.9. The van der Waals surface area contributed by atoms with Gasteiger partial charge in [0.25, 0.3) is 0 Å². The lowest BCUT2D eigenvalue weighted by atomic mass is 10.0. The van der Waals surface area contributed by atoms with Gasteiger partial charge in [0, 0.05) is 35.0 Å². The van der Waals surface area contributed by atoms with Gasteiger partial charge in [0.1, 0.15) is 0 Å². The third-order valence-electron chi connectivity index (χ3n) is 5.48. The molecule has 0 aliphatic carbocycles. The molecule has 7 nitrogen and oxygen atoms in total. The summed E-state index contributed by atoms with van der Waals surface area (Å²) >= 11 is 3.49. The molecule has 3 aromatic rings. The molecule has 3 rings (SSSR count). The van der Waals surface area contributed by atoms with E-state index in [1.54, 1.807) is 12.1 Å². The van der Waals surface area contributed by atoms with Gasteiger partial charge >= 0.3 is 5.97 Å². The highest BCUT2D eigenvalue weighted by molar-refractivity contribution is 9.10. The smallest absolute Gasteiger partial charge is 0.337 e. The zero-order valence-corrected chi connectivity index (χ0v) is 20.6. The van der Waals surface area contributed by atoms with Crippen LogP contribution in [0.3, 0.4) is 0 Å². The van der Waals surface area contributed by atoms with Gasteiger partial charge < -0.3 is 15.8 Å². The van der Waals surface area contributed by atoms with Crippen LogP contribution in [0.4, 0.5) is 11.4 Å². The summed E-state index contributed by atoms with van der Waals surface area (Å²) < 4.78 is 7.77. The number of anilines is 2. The molecule has 0 saturated heterocycles. The summed E-state index contributed by atoms with van der Waals surface area (Å²) in [6.07, 6.45) is 4.76. The number of methoxy groups -OCH3 is 1. The Morgan fingerprint density at radius 1 is 1.31 bits per heavy atom. The molecule has 0 amide bonds. The molecule has 0 fully saturated rings. The largest absolute Gasteiger partial charge is 0.465 e. The van der Waals surface area contributed by atoms with Gasteiger partial charge in [0.05, 0.1) is 35.9 Å². The number of aromatic nitrogens is 3. The van der Waals surface area contributed by atoms with Crippen molar-refractivity contribution in [3.05, 3.63) is 58.0 Å². The second-order valence-corrected chi connectivity index (χ2v) is 9.03. The van der Waals surface area contributed by atoms with E-state index < -0.39 is 0 Å². The minimum Gasteiger partial charge on any atom is -0.465 e. The molecule has 0 saturated carbocycles. The van der Waals surface area contributed by atoms with Crippen molar-refractivity contribution < 1.29 is 9.53 Å². The first-order valence-electron chi connectivity index (χ1n) is 10.7. The molecule has 170 valence electrons. The van der Waals surface area contributed by atoms with Crippen LogP contribution in [-0.2, 0) is 18.2 Å². The van der Waals surface area contributed by atoms with E-state index in [9.17, 15) is 4.79 Å². The number of hydrogen-bond donors (Lipinski definition) is 2. The average molecular weight is 500 g/mol. The molecule has 0 bridgehead atoms. The summed E-state index contributed by atoms with van der Waals surface area (Å²) in [4.78, 5) is 16.6. The number of nitrogen functional groups attached to an aromatic ring is 1. The van der Waals surface area contributed by atoms with Crippen molar-refractivity contribution in [3.8, 4) is 11.3 Å². The quantitative estimate of drug-likeness (QED) is 0.318. The normalized spacial score (nSPS) is 11.9. The van der Waals surface area contributed by atoms with E-state index in [1.165, 1.54) is 7.11 Å². The second kappa shape index (κ2) is 10.6. The van der Waals surface area contributed by atoms with Crippen LogP contribution in [0.1, 0.15) is 41.5 Å². The highest BCUT2D eigenvalue weighted by Gasteiger charge is 2.16. The Kier molecular flexibility index (Phi) is 7.90. The van der Waals surface area contributed by atoms with Crippen LogP contribution in [0.2, 0.25) is 0 Å². The van der Waals surface area contributed by atoms with Gasteiger partial charge in [-0.25, -0.2) is 4.79 Å². The predicted octanol–water partition coefficient (Wildman–Crippen LogP) is 4.99. The van der Waals surface area contributed by atoms with E-state index in [0.29, 0.717) is 11.5 Å². The fraction of sp³-hybridized carbons (Fsp3) is 0.375. The first kappa shape index (κ1) is 23.8. The molecule has 0 radical (unpaired) electrons. The average Bonchev–Trinajstić information content (AvgIpc) is 3.13. The number of nitrogens with two attached hydrogens (primary N) is 1. The zero-order valence-electron chi connectivity index (χ0n) is 19.0. The van der Waals surface area contributed by atoms with Gasteiger partial charge in [0.2, 0.25) is 0 Å². The summed E-state index contributed by atoms with van der Waals surface area (Å²) in [7, 11) is 3.32. The Labute approximate surface area is 197 Å². The minimum atomic E-state index is -0.366. The number of nitrogens with one attached hydrogen (secondary N) is 1. The number of carbonyl (C=O) groups is 1. The Morgan fingerprint density at radius 3 is 2.84 bits per heavy atom. The number of benzene rings is 1.